The maximum atomic E-state index is 5.48. The van der Waals surface area contributed by atoms with Gasteiger partial charge in [0, 0.05) is 12.4 Å². The Hall–Kier alpha value is -2.24. The molecule has 0 rings (SSSR count). The zero-order chi connectivity index (χ0) is 12.2. The maximum absolute atomic E-state index is 5.48. The second kappa shape index (κ2) is 9.32. The van der Waals surface area contributed by atoms with Crippen LogP contribution in [0.15, 0.2) is 44.7 Å². The van der Waals surface area contributed by atoms with Crippen molar-refractivity contribution in [1.29, 1.82) is 0 Å². The monoisotopic (exact) mass is 220 g/mol. The van der Waals surface area contributed by atoms with Gasteiger partial charge in [-0.3, -0.25) is 0 Å². The number of amidine groups is 2. The van der Waals surface area contributed by atoms with E-state index >= 15 is 0 Å². The summed E-state index contributed by atoms with van der Waals surface area (Å²) >= 11 is 0. The first-order chi connectivity index (χ1) is 7.72. The van der Waals surface area contributed by atoms with Crippen molar-refractivity contribution in [3.8, 4) is 0 Å². The van der Waals surface area contributed by atoms with Crippen molar-refractivity contribution in [3.63, 3.8) is 0 Å². The Bertz CT molecular complexity index is 324. The van der Waals surface area contributed by atoms with Gasteiger partial charge in [-0.2, -0.15) is 10.2 Å². The molecule has 16 heavy (non-hydrogen) atoms. The molecule has 0 aromatic carbocycles. The van der Waals surface area contributed by atoms with Crippen LogP contribution in [0.2, 0.25) is 0 Å². The van der Waals surface area contributed by atoms with Gasteiger partial charge >= 0.3 is 0 Å². The fourth-order valence-electron chi connectivity index (χ4n) is 0.543. The van der Waals surface area contributed by atoms with Gasteiger partial charge in [-0.25, -0.2) is 0 Å². The van der Waals surface area contributed by atoms with Crippen molar-refractivity contribution in [2.45, 2.75) is 13.8 Å². The minimum atomic E-state index is 0.0263. The van der Waals surface area contributed by atoms with Gasteiger partial charge in [-0.05, 0) is 26.0 Å². The van der Waals surface area contributed by atoms with Crippen LogP contribution in [0, 0.1) is 0 Å². The Balaban J connectivity index is 4.41. The van der Waals surface area contributed by atoms with Crippen molar-refractivity contribution in [2.24, 2.45) is 31.9 Å². The second-order valence-corrected chi connectivity index (χ2v) is 2.55. The highest BCUT2D eigenvalue weighted by molar-refractivity contribution is 6.39. The average molecular weight is 220 g/mol. The van der Waals surface area contributed by atoms with Crippen LogP contribution in [0.3, 0.4) is 0 Å². The molecule has 0 fully saturated rings. The van der Waals surface area contributed by atoms with Crippen LogP contribution < -0.4 is 11.5 Å². The van der Waals surface area contributed by atoms with E-state index in [1.807, 2.05) is 26.0 Å². The molecular formula is C10H16N6. The van der Waals surface area contributed by atoms with Crippen LogP contribution in [-0.2, 0) is 0 Å². The highest BCUT2D eigenvalue weighted by Gasteiger charge is 1.96. The Morgan fingerprint density at radius 3 is 1.50 bits per heavy atom. The zero-order valence-electron chi connectivity index (χ0n) is 9.41. The lowest BCUT2D eigenvalue weighted by Crippen LogP contribution is -2.30. The highest BCUT2D eigenvalue weighted by Crippen LogP contribution is 1.78. The van der Waals surface area contributed by atoms with E-state index in [4.69, 9.17) is 11.5 Å². The van der Waals surface area contributed by atoms with Crippen LogP contribution in [-0.4, -0.2) is 24.1 Å². The van der Waals surface area contributed by atoms with Gasteiger partial charge in [-0.1, -0.05) is 12.2 Å². The average Bonchev–Trinajstić information content (AvgIpc) is 2.29. The molecular weight excluding hydrogens is 204 g/mol. The van der Waals surface area contributed by atoms with E-state index in [1.165, 1.54) is 12.4 Å². The van der Waals surface area contributed by atoms with Gasteiger partial charge in [-0.15, -0.1) is 10.2 Å². The molecule has 0 aliphatic heterocycles. The first-order valence-corrected chi connectivity index (χ1v) is 4.68. The molecule has 0 heterocycles. The minimum Gasteiger partial charge on any atom is -0.379 e. The second-order valence-electron chi connectivity index (χ2n) is 2.55. The summed E-state index contributed by atoms with van der Waals surface area (Å²) in [6, 6.07) is 0. The normalized spacial score (nSPS) is 15.1. The van der Waals surface area contributed by atoms with Crippen molar-refractivity contribution in [2.75, 3.05) is 0 Å². The van der Waals surface area contributed by atoms with Crippen LogP contribution in [0.25, 0.3) is 0 Å². The molecule has 0 aliphatic rings. The fraction of sp³-hybridized carbons (Fsp3) is 0.200. The number of allylic oxidation sites excluding steroid dienone is 4. The molecule has 0 saturated carbocycles. The molecule has 0 radical (unpaired) electrons. The zero-order valence-corrected chi connectivity index (χ0v) is 9.41. The summed E-state index contributed by atoms with van der Waals surface area (Å²) in [6.45, 7) is 3.73. The third kappa shape index (κ3) is 7.19. The maximum Gasteiger partial charge on any atom is 0.190 e. The lowest BCUT2D eigenvalue weighted by molar-refractivity contribution is 1.21. The Morgan fingerprint density at radius 1 is 0.812 bits per heavy atom. The van der Waals surface area contributed by atoms with Crippen molar-refractivity contribution in [1.82, 2.24) is 0 Å². The summed E-state index contributed by atoms with van der Waals surface area (Å²) in [7, 11) is 0. The minimum absolute atomic E-state index is 0.0263. The number of nitrogens with zero attached hydrogens (tertiary/aromatic N) is 4. The van der Waals surface area contributed by atoms with Crippen molar-refractivity contribution < 1.29 is 0 Å². The molecule has 0 aromatic heterocycles. The standard InChI is InChI=1S/C10H16N6/c1-3-5-7-13-15-9(11)10(12)16-14-8-6-4-2/h3-8H,1-2H3,(H2,11,15)(H2,12,16)/b5-3-,6-4-,13-7+,14-8+. The quantitative estimate of drug-likeness (QED) is 0.416. The van der Waals surface area contributed by atoms with E-state index in [9.17, 15) is 0 Å². The largest absolute Gasteiger partial charge is 0.379 e. The first kappa shape index (κ1) is 13.8. The Labute approximate surface area is 94.8 Å². The van der Waals surface area contributed by atoms with Crippen LogP contribution in [0.5, 0.6) is 0 Å². The molecule has 86 valence electrons. The van der Waals surface area contributed by atoms with E-state index in [-0.39, 0.29) is 11.7 Å². The summed E-state index contributed by atoms with van der Waals surface area (Å²) < 4.78 is 0. The molecule has 0 spiro atoms. The third-order valence-electron chi connectivity index (χ3n) is 1.28. The van der Waals surface area contributed by atoms with Crippen molar-refractivity contribution in [3.05, 3.63) is 24.3 Å². The third-order valence-corrected chi connectivity index (χ3v) is 1.28. The predicted molar refractivity (Wildman–Crippen MR) is 69.9 cm³/mol. The van der Waals surface area contributed by atoms with Gasteiger partial charge in [0.1, 0.15) is 0 Å². The van der Waals surface area contributed by atoms with E-state index in [0.717, 1.165) is 0 Å². The lowest BCUT2D eigenvalue weighted by atomic mass is 10.5. The van der Waals surface area contributed by atoms with E-state index in [1.54, 1.807) is 12.2 Å². The van der Waals surface area contributed by atoms with Crippen LogP contribution >= 0.6 is 0 Å². The van der Waals surface area contributed by atoms with E-state index in [2.05, 4.69) is 20.4 Å². The molecule has 4 N–H and O–H groups in total. The molecule has 0 saturated heterocycles. The molecule has 6 heteroatoms. The van der Waals surface area contributed by atoms with Gasteiger partial charge in [0.25, 0.3) is 0 Å². The predicted octanol–water partition coefficient (Wildman–Crippen LogP) is 0.825. The highest BCUT2D eigenvalue weighted by atomic mass is 15.3. The Morgan fingerprint density at radius 2 is 1.19 bits per heavy atom. The topological polar surface area (TPSA) is 101 Å². The SMILES string of the molecule is C/C=C\C=N\N=C(N)C(N)=N/N=C/C=C\C. The van der Waals surface area contributed by atoms with Crippen molar-refractivity contribution >= 4 is 24.1 Å². The fourth-order valence-corrected chi connectivity index (χ4v) is 0.543. The lowest BCUT2D eigenvalue weighted by Gasteiger charge is -1.92. The molecule has 0 amide bonds. The molecule has 0 aromatic rings. The van der Waals surface area contributed by atoms with Gasteiger partial charge in [0.05, 0.1) is 0 Å². The smallest absolute Gasteiger partial charge is 0.190 e. The molecule has 0 atom stereocenters. The molecule has 0 aliphatic carbocycles. The van der Waals surface area contributed by atoms with Gasteiger partial charge < -0.3 is 11.5 Å². The van der Waals surface area contributed by atoms with Crippen LogP contribution in [0.1, 0.15) is 13.8 Å². The summed E-state index contributed by atoms with van der Waals surface area (Å²) in [6.07, 6.45) is 10.0. The van der Waals surface area contributed by atoms with Gasteiger partial charge in [0.2, 0.25) is 0 Å². The Kier molecular flexibility index (Phi) is 8.02. The summed E-state index contributed by atoms with van der Waals surface area (Å²) in [5.74, 6) is 0.0526. The number of rotatable bonds is 4. The molecule has 0 bridgehead atoms. The molecule has 0 unspecified atom stereocenters. The van der Waals surface area contributed by atoms with E-state index < -0.39 is 0 Å². The van der Waals surface area contributed by atoms with Crippen LogP contribution in [0.4, 0.5) is 0 Å². The molecule has 6 nitrogen and oxygen atoms in total. The van der Waals surface area contributed by atoms with Gasteiger partial charge in [0.15, 0.2) is 11.7 Å². The number of hydrogen-bond donors (Lipinski definition) is 2. The number of nitrogens with two attached hydrogens (primary N) is 2. The van der Waals surface area contributed by atoms with E-state index in [0.29, 0.717) is 0 Å². The first-order valence-electron chi connectivity index (χ1n) is 4.68. The summed E-state index contributed by atoms with van der Waals surface area (Å²) in [5, 5.41) is 14.6. The number of hydrogen-bond acceptors (Lipinski definition) is 4. The summed E-state index contributed by atoms with van der Waals surface area (Å²) in [4.78, 5) is 0. The summed E-state index contributed by atoms with van der Waals surface area (Å²) in [5.41, 5.74) is 11.0.